The minimum Gasteiger partial charge on any atom is -0.497 e. The summed E-state index contributed by atoms with van der Waals surface area (Å²) >= 11 is 0. The maximum Gasteiger partial charge on any atom is 0.275 e. The van der Waals surface area contributed by atoms with Crippen LogP contribution in [0, 0.1) is 0 Å². The van der Waals surface area contributed by atoms with Gasteiger partial charge in [-0.1, -0.05) is 23.8 Å². The molecule has 1 aromatic carbocycles. The van der Waals surface area contributed by atoms with Crippen LogP contribution in [0.4, 0.5) is 0 Å². The first-order valence-electron chi connectivity index (χ1n) is 14.6. The van der Waals surface area contributed by atoms with Crippen molar-refractivity contribution in [2.24, 2.45) is 0 Å². The summed E-state index contributed by atoms with van der Waals surface area (Å²) in [5.41, 5.74) is 0.474. The molecule has 1 aromatic rings. The highest BCUT2D eigenvalue weighted by Gasteiger charge is 2.50. The van der Waals surface area contributed by atoms with E-state index >= 15 is 0 Å². The number of aliphatic hydroxyl groups excluding tert-OH is 1. The molecule has 0 aromatic heterocycles. The number of ether oxygens (including phenoxy) is 3. The third-order valence-electron chi connectivity index (χ3n) is 8.07. The smallest absolute Gasteiger partial charge is 0.275 e. The summed E-state index contributed by atoms with van der Waals surface area (Å²) in [6.07, 6.45) is 3.72. The number of hydrogen-bond donors (Lipinski definition) is 5. The highest BCUT2D eigenvalue weighted by Crippen LogP contribution is 2.31. The number of allylic oxidation sites excluding steroid dienone is 1. The van der Waals surface area contributed by atoms with Crippen LogP contribution in [0.15, 0.2) is 35.9 Å². The summed E-state index contributed by atoms with van der Waals surface area (Å²) in [5, 5.41) is 19.4. The van der Waals surface area contributed by atoms with E-state index in [1.165, 1.54) is 14.0 Å². The fourth-order valence-electron chi connectivity index (χ4n) is 5.26. The van der Waals surface area contributed by atoms with E-state index in [0.717, 1.165) is 29.7 Å². The Hall–Kier alpha value is -3.32. The van der Waals surface area contributed by atoms with Gasteiger partial charge in [-0.05, 0) is 57.2 Å². The van der Waals surface area contributed by atoms with E-state index < -0.39 is 41.6 Å². The lowest BCUT2D eigenvalue weighted by atomic mass is 9.93. The van der Waals surface area contributed by atoms with Crippen molar-refractivity contribution in [1.82, 2.24) is 16.0 Å². The summed E-state index contributed by atoms with van der Waals surface area (Å²) in [7, 11) is 1.51. The molecule has 2 aliphatic heterocycles. The van der Waals surface area contributed by atoms with Crippen LogP contribution < -0.4 is 25.6 Å². The largest absolute Gasteiger partial charge is 0.497 e. The van der Waals surface area contributed by atoms with Crippen molar-refractivity contribution in [2.45, 2.75) is 69.4 Å². The molecule has 4 rings (SSSR count). The first-order chi connectivity index (χ1) is 20.1. The Morgan fingerprint density at radius 2 is 1.76 bits per heavy atom. The molecule has 1 aliphatic carbocycles. The van der Waals surface area contributed by atoms with E-state index in [-0.39, 0.29) is 24.8 Å². The summed E-state index contributed by atoms with van der Waals surface area (Å²) in [4.78, 5) is 53.9. The Balaban J connectivity index is 1.48. The third-order valence-corrected chi connectivity index (χ3v) is 8.07. The average Bonchev–Trinajstić information content (AvgIpc) is 3.53. The molecule has 0 spiro atoms. The standard InChI is InChI=1S/C30H42N4O8/c1-19(31-24(35)17-34-12-14-41-15-13-34)28(38)33-25(26(36)21-8-10-22(40-3)11-9-21)29(39)32-23(16-20-6-4-5-7-20)27(37)30(2)18-42-30/h6,8-11,19,23,25-26,36H,4-5,7,12-18H2,1-3H3,(H,31,35)(H,32,39)(H,33,38)/p+1/t19-,23-,25-,26+,30+/m0/s1. The van der Waals surface area contributed by atoms with Gasteiger partial charge in [0, 0.05) is 0 Å². The van der Waals surface area contributed by atoms with Gasteiger partial charge in [0.15, 0.2) is 12.3 Å². The maximum absolute atomic E-state index is 13.7. The number of hydrogen-bond acceptors (Lipinski definition) is 8. The zero-order chi connectivity index (χ0) is 30.3. The summed E-state index contributed by atoms with van der Waals surface area (Å²) in [6, 6.07) is 3.15. The van der Waals surface area contributed by atoms with E-state index in [0.29, 0.717) is 44.0 Å². The number of rotatable bonds is 14. The molecular weight excluding hydrogens is 544 g/mol. The number of quaternary nitrogens is 1. The number of methoxy groups -OCH3 is 1. The number of morpholine rings is 1. The minimum absolute atomic E-state index is 0.194. The van der Waals surface area contributed by atoms with E-state index in [9.17, 15) is 24.3 Å². The Morgan fingerprint density at radius 3 is 2.36 bits per heavy atom. The van der Waals surface area contributed by atoms with Gasteiger partial charge in [0.1, 0.15) is 42.6 Å². The molecule has 0 saturated carbocycles. The van der Waals surface area contributed by atoms with Crippen molar-refractivity contribution < 1.29 is 43.4 Å². The van der Waals surface area contributed by atoms with E-state index in [4.69, 9.17) is 14.2 Å². The molecule has 2 saturated heterocycles. The predicted molar refractivity (Wildman–Crippen MR) is 152 cm³/mol. The molecule has 0 unspecified atom stereocenters. The highest BCUT2D eigenvalue weighted by molar-refractivity contribution is 5.98. The molecule has 42 heavy (non-hydrogen) atoms. The van der Waals surface area contributed by atoms with Gasteiger partial charge in [-0.3, -0.25) is 19.2 Å². The molecule has 5 N–H and O–H groups in total. The number of ketones is 1. The lowest BCUT2D eigenvalue weighted by Crippen LogP contribution is -3.15. The van der Waals surface area contributed by atoms with Crippen LogP contribution in [-0.2, 0) is 28.7 Å². The first kappa shape index (κ1) is 31.6. The number of benzene rings is 1. The van der Waals surface area contributed by atoms with Gasteiger partial charge in [0.05, 0.1) is 33.0 Å². The molecule has 2 fully saturated rings. The summed E-state index contributed by atoms with van der Waals surface area (Å²) in [5.74, 6) is -1.36. The van der Waals surface area contributed by atoms with Crippen LogP contribution in [0.3, 0.4) is 0 Å². The molecular formula is C30H43N4O8+. The van der Waals surface area contributed by atoms with Crippen molar-refractivity contribution in [1.29, 1.82) is 0 Å². The number of epoxide rings is 1. The lowest BCUT2D eigenvalue weighted by Gasteiger charge is -2.28. The van der Waals surface area contributed by atoms with E-state index in [2.05, 4.69) is 22.0 Å². The van der Waals surface area contributed by atoms with Crippen molar-refractivity contribution in [3.05, 3.63) is 41.5 Å². The molecule has 12 nitrogen and oxygen atoms in total. The lowest BCUT2D eigenvalue weighted by molar-refractivity contribution is -0.900. The average molecular weight is 588 g/mol. The fraction of sp³-hybridized carbons (Fsp3) is 0.600. The zero-order valence-corrected chi connectivity index (χ0v) is 24.6. The van der Waals surface area contributed by atoms with Gasteiger partial charge in [-0.15, -0.1) is 0 Å². The Kier molecular flexibility index (Phi) is 10.7. The Morgan fingerprint density at radius 1 is 1.07 bits per heavy atom. The van der Waals surface area contributed by atoms with E-state index in [1.54, 1.807) is 31.2 Å². The second-order valence-electron chi connectivity index (χ2n) is 11.4. The maximum atomic E-state index is 13.7. The van der Waals surface area contributed by atoms with Gasteiger partial charge in [-0.25, -0.2) is 0 Å². The summed E-state index contributed by atoms with van der Waals surface area (Å²) in [6.45, 7) is 6.22. The van der Waals surface area contributed by atoms with Gasteiger partial charge >= 0.3 is 0 Å². The first-order valence-corrected chi connectivity index (χ1v) is 14.6. The van der Waals surface area contributed by atoms with Crippen LogP contribution in [0.2, 0.25) is 0 Å². The topological polar surface area (TPSA) is 160 Å². The van der Waals surface area contributed by atoms with Crippen LogP contribution >= 0.6 is 0 Å². The van der Waals surface area contributed by atoms with Gasteiger partial charge < -0.3 is 40.2 Å². The number of carbonyl (C=O) groups is 4. The Bertz CT molecular complexity index is 1160. The number of Topliss-reactive ketones (excluding diaryl/α,β-unsaturated/α-hetero) is 1. The number of carbonyl (C=O) groups excluding carboxylic acids is 4. The minimum atomic E-state index is -1.45. The number of nitrogens with one attached hydrogen (secondary N) is 4. The second-order valence-corrected chi connectivity index (χ2v) is 11.4. The Labute approximate surface area is 246 Å². The van der Waals surface area contributed by atoms with Gasteiger partial charge in [0.2, 0.25) is 11.8 Å². The van der Waals surface area contributed by atoms with Gasteiger partial charge in [-0.2, -0.15) is 0 Å². The SMILES string of the molecule is COc1ccc([C@@H](O)[C@H](NC(=O)[C@H](C)NC(=O)C[NH+]2CCOCC2)C(=O)N[C@@H](CC2=CCCC2)C(=O)[C@@]2(C)CO2)cc1. The van der Waals surface area contributed by atoms with Crippen LogP contribution in [-0.4, -0.2) is 98.9 Å². The zero-order valence-electron chi connectivity index (χ0n) is 24.6. The molecule has 12 heteroatoms. The summed E-state index contributed by atoms with van der Waals surface area (Å²) < 4.78 is 15.9. The fourth-order valence-corrected chi connectivity index (χ4v) is 5.26. The van der Waals surface area contributed by atoms with Crippen molar-refractivity contribution in [3.63, 3.8) is 0 Å². The van der Waals surface area contributed by atoms with Crippen LogP contribution in [0.5, 0.6) is 5.75 Å². The monoisotopic (exact) mass is 587 g/mol. The van der Waals surface area contributed by atoms with Crippen LogP contribution in [0.25, 0.3) is 0 Å². The normalized spacial score (nSPS) is 23.1. The molecule has 3 aliphatic rings. The van der Waals surface area contributed by atoms with Crippen molar-refractivity contribution in [3.8, 4) is 5.75 Å². The number of aliphatic hydroxyl groups is 1. The molecule has 3 amide bonds. The van der Waals surface area contributed by atoms with Crippen LogP contribution in [0.1, 0.15) is 51.2 Å². The molecule has 2 heterocycles. The molecule has 0 radical (unpaired) electrons. The molecule has 5 atom stereocenters. The highest BCUT2D eigenvalue weighted by atomic mass is 16.6. The van der Waals surface area contributed by atoms with Gasteiger partial charge in [0.25, 0.3) is 5.91 Å². The van der Waals surface area contributed by atoms with Crippen molar-refractivity contribution >= 4 is 23.5 Å². The predicted octanol–water partition coefficient (Wildman–Crippen LogP) is -1.02. The molecule has 230 valence electrons. The van der Waals surface area contributed by atoms with E-state index in [1.807, 2.05) is 0 Å². The number of amides is 3. The second kappa shape index (κ2) is 14.2. The van der Waals surface area contributed by atoms with Crippen molar-refractivity contribution in [2.75, 3.05) is 46.6 Å². The molecule has 0 bridgehead atoms. The quantitative estimate of drug-likeness (QED) is 0.137. The third kappa shape index (κ3) is 8.37.